The van der Waals surface area contributed by atoms with Crippen molar-refractivity contribution in [1.29, 1.82) is 5.26 Å². The normalized spacial score (nSPS) is 12.3. The number of imidazole rings is 1. The number of nitrogens with zero attached hydrogens (tertiary/aromatic N) is 3. The van der Waals surface area contributed by atoms with Gasteiger partial charge in [0.05, 0.1) is 27.0 Å². The highest BCUT2D eigenvalue weighted by Gasteiger charge is 2.14. The number of hydrogen-bond acceptors (Lipinski definition) is 6. The Balaban J connectivity index is 1.60. The third-order valence-corrected chi connectivity index (χ3v) is 5.82. The van der Waals surface area contributed by atoms with Gasteiger partial charge < -0.3 is 10.1 Å². The average molecular weight is 364 g/mol. The van der Waals surface area contributed by atoms with Gasteiger partial charge in [0.25, 0.3) is 0 Å². The van der Waals surface area contributed by atoms with Crippen molar-refractivity contribution in [2.45, 2.75) is 4.34 Å². The zero-order valence-corrected chi connectivity index (χ0v) is 14.6. The Morgan fingerprint density at radius 2 is 1.88 bits per heavy atom. The van der Waals surface area contributed by atoms with Crippen molar-refractivity contribution in [2.75, 3.05) is 5.75 Å². The molecular weight excluding hydrogens is 352 g/mol. The first-order chi connectivity index (χ1) is 12.2. The predicted molar refractivity (Wildman–Crippen MR) is 102 cm³/mol. The van der Waals surface area contributed by atoms with Crippen LogP contribution in [0.3, 0.4) is 0 Å². The van der Waals surface area contributed by atoms with Crippen LogP contribution >= 0.6 is 23.1 Å². The monoisotopic (exact) mass is 364 g/mol. The second kappa shape index (κ2) is 6.59. The minimum absolute atomic E-state index is 0.00851. The number of aliphatic hydroxyl groups is 1. The lowest BCUT2D eigenvalue weighted by atomic mass is 10.2. The van der Waals surface area contributed by atoms with E-state index in [0.717, 1.165) is 25.6 Å². The highest BCUT2D eigenvalue weighted by molar-refractivity contribution is 8.01. The second-order valence-electron chi connectivity index (χ2n) is 5.27. The van der Waals surface area contributed by atoms with Crippen molar-refractivity contribution >= 4 is 49.9 Å². The number of H-pyrrole nitrogens is 1. The molecule has 0 unspecified atom stereocenters. The first kappa shape index (κ1) is 15.7. The molecule has 0 bridgehead atoms. The Morgan fingerprint density at radius 1 is 1.12 bits per heavy atom. The van der Waals surface area contributed by atoms with Crippen LogP contribution in [0.5, 0.6) is 0 Å². The summed E-state index contributed by atoms with van der Waals surface area (Å²) in [5.41, 5.74) is 2.69. The van der Waals surface area contributed by atoms with E-state index < -0.39 is 0 Å². The number of para-hydroxylation sites is 3. The molecule has 4 rings (SSSR count). The van der Waals surface area contributed by atoms with Crippen LogP contribution in [-0.4, -0.2) is 25.8 Å². The van der Waals surface area contributed by atoms with E-state index in [0.29, 0.717) is 5.82 Å². The van der Waals surface area contributed by atoms with E-state index in [1.165, 1.54) is 11.8 Å². The molecule has 4 aromatic rings. The lowest BCUT2D eigenvalue weighted by Crippen LogP contribution is -1.95. The average Bonchev–Trinajstić information content (AvgIpc) is 3.23. The van der Waals surface area contributed by atoms with Crippen molar-refractivity contribution in [3.05, 3.63) is 60.1 Å². The van der Waals surface area contributed by atoms with E-state index in [-0.39, 0.29) is 17.1 Å². The van der Waals surface area contributed by atoms with Gasteiger partial charge in [-0.1, -0.05) is 36.0 Å². The summed E-state index contributed by atoms with van der Waals surface area (Å²) in [7, 11) is 0. The van der Waals surface area contributed by atoms with Gasteiger partial charge in [-0.15, -0.1) is 11.3 Å². The molecule has 0 amide bonds. The third kappa shape index (κ3) is 3.09. The van der Waals surface area contributed by atoms with Crippen molar-refractivity contribution in [3.63, 3.8) is 0 Å². The molecule has 0 aliphatic carbocycles. The fourth-order valence-electron chi connectivity index (χ4n) is 2.44. The summed E-state index contributed by atoms with van der Waals surface area (Å²) in [6.45, 7) is 0. The van der Waals surface area contributed by atoms with Crippen LogP contribution < -0.4 is 0 Å². The topological polar surface area (TPSA) is 85.6 Å². The molecular formula is C18H12N4OS2. The second-order valence-corrected chi connectivity index (χ2v) is 7.53. The smallest absolute Gasteiger partial charge is 0.152 e. The Morgan fingerprint density at radius 3 is 2.64 bits per heavy atom. The molecule has 0 radical (unpaired) electrons. The number of aromatic nitrogens is 3. The molecule has 2 aromatic heterocycles. The number of nitriles is 1. The molecule has 5 nitrogen and oxygen atoms in total. The molecule has 0 fully saturated rings. The molecule has 0 saturated carbocycles. The van der Waals surface area contributed by atoms with Crippen molar-refractivity contribution in [1.82, 2.24) is 15.0 Å². The van der Waals surface area contributed by atoms with Gasteiger partial charge in [0.2, 0.25) is 0 Å². The summed E-state index contributed by atoms with van der Waals surface area (Å²) < 4.78 is 1.96. The number of thiazole rings is 1. The van der Waals surface area contributed by atoms with E-state index in [2.05, 4.69) is 15.0 Å². The van der Waals surface area contributed by atoms with E-state index in [9.17, 15) is 10.4 Å². The van der Waals surface area contributed by atoms with Gasteiger partial charge >= 0.3 is 0 Å². The van der Waals surface area contributed by atoms with Gasteiger partial charge in [-0.2, -0.15) is 5.26 Å². The summed E-state index contributed by atoms with van der Waals surface area (Å²) in [6.07, 6.45) is 0. The molecule has 0 aliphatic heterocycles. The summed E-state index contributed by atoms with van der Waals surface area (Å²) in [6, 6.07) is 17.5. The van der Waals surface area contributed by atoms with Crippen LogP contribution in [0.15, 0.2) is 58.6 Å². The Labute approximate surface area is 151 Å². The van der Waals surface area contributed by atoms with Gasteiger partial charge in [0.15, 0.2) is 10.2 Å². The molecule has 2 aromatic carbocycles. The van der Waals surface area contributed by atoms with Gasteiger partial charge in [-0.25, -0.2) is 9.97 Å². The first-order valence-corrected chi connectivity index (χ1v) is 9.30. The lowest BCUT2D eigenvalue weighted by Gasteiger charge is -2.00. The van der Waals surface area contributed by atoms with E-state index in [4.69, 9.17) is 0 Å². The van der Waals surface area contributed by atoms with Crippen LogP contribution in [0.4, 0.5) is 0 Å². The van der Waals surface area contributed by atoms with Crippen LogP contribution in [-0.2, 0) is 0 Å². The Hall–Kier alpha value is -2.82. The fraction of sp³-hybridized carbons (Fsp3) is 0.0556. The maximum absolute atomic E-state index is 10.4. The molecule has 2 N–H and O–H groups in total. The maximum atomic E-state index is 10.4. The predicted octanol–water partition coefficient (Wildman–Crippen LogP) is 4.76. The van der Waals surface area contributed by atoms with E-state index in [1.807, 2.05) is 54.6 Å². The molecule has 0 aliphatic rings. The van der Waals surface area contributed by atoms with Crippen LogP contribution in [0, 0.1) is 11.3 Å². The van der Waals surface area contributed by atoms with E-state index in [1.54, 1.807) is 11.3 Å². The minimum Gasteiger partial charge on any atom is -0.510 e. The summed E-state index contributed by atoms with van der Waals surface area (Å²) in [5.74, 6) is 0.636. The number of aromatic amines is 1. The number of hydrogen-bond donors (Lipinski definition) is 2. The van der Waals surface area contributed by atoms with E-state index >= 15 is 0 Å². The number of rotatable bonds is 4. The molecule has 0 saturated heterocycles. The van der Waals surface area contributed by atoms with Crippen molar-refractivity contribution < 1.29 is 5.11 Å². The highest BCUT2D eigenvalue weighted by atomic mass is 32.2. The highest BCUT2D eigenvalue weighted by Crippen LogP contribution is 2.31. The van der Waals surface area contributed by atoms with Crippen molar-refractivity contribution in [3.8, 4) is 6.07 Å². The number of fused-ring (bicyclic) bond motifs is 2. The van der Waals surface area contributed by atoms with Crippen molar-refractivity contribution in [2.24, 2.45) is 0 Å². The fourth-order valence-corrected chi connectivity index (χ4v) is 4.39. The lowest BCUT2D eigenvalue weighted by molar-refractivity contribution is 0.420. The molecule has 25 heavy (non-hydrogen) atoms. The largest absolute Gasteiger partial charge is 0.510 e. The maximum Gasteiger partial charge on any atom is 0.152 e. The number of allylic oxidation sites excluding steroid dienone is 1. The summed E-state index contributed by atoms with van der Waals surface area (Å²) in [5, 5.41) is 19.8. The van der Waals surface area contributed by atoms with Crippen LogP contribution in [0.2, 0.25) is 0 Å². The molecule has 0 atom stereocenters. The zero-order chi connectivity index (χ0) is 17.2. The minimum atomic E-state index is -0.00851. The van der Waals surface area contributed by atoms with Gasteiger partial charge in [0.1, 0.15) is 17.4 Å². The summed E-state index contributed by atoms with van der Waals surface area (Å²) in [4.78, 5) is 12.0. The Kier molecular flexibility index (Phi) is 4.14. The Bertz CT molecular complexity index is 1070. The SMILES string of the molecule is N#C/C(=C(/O)CSc1nc2ccccc2s1)c1nc2ccccc2[nH]1. The number of aliphatic hydroxyl groups excluding tert-OH is 1. The van der Waals surface area contributed by atoms with Gasteiger partial charge in [-0.05, 0) is 24.3 Å². The number of benzene rings is 2. The number of thioether (sulfide) groups is 1. The first-order valence-electron chi connectivity index (χ1n) is 7.50. The molecule has 0 spiro atoms. The number of nitrogens with one attached hydrogen (secondary N) is 1. The van der Waals surface area contributed by atoms with Gasteiger partial charge in [-0.3, -0.25) is 0 Å². The standard InChI is InChI=1S/C18H12N4OS2/c19-9-11(17-20-12-5-1-2-6-13(12)21-17)15(23)10-24-18-22-14-7-3-4-8-16(14)25-18/h1-8,23H,10H2,(H,20,21)/b15-11-. The molecule has 2 heterocycles. The van der Waals surface area contributed by atoms with Crippen LogP contribution in [0.25, 0.3) is 26.8 Å². The van der Waals surface area contributed by atoms with Gasteiger partial charge in [0, 0.05) is 0 Å². The summed E-state index contributed by atoms with van der Waals surface area (Å²) >= 11 is 2.98. The molecule has 122 valence electrons. The third-order valence-electron chi connectivity index (χ3n) is 3.63. The quantitative estimate of drug-likeness (QED) is 0.310. The molecule has 7 heteroatoms. The zero-order valence-electron chi connectivity index (χ0n) is 12.9. The van der Waals surface area contributed by atoms with Crippen LogP contribution in [0.1, 0.15) is 5.82 Å².